The van der Waals surface area contributed by atoms with Crippen molar-refractivity contribution < 1.29 is 37.1 Å². The van der Waals surface area contributed by atoms with Gasteiger partial charge in [0.05, 0.1) is 19.1 Å². The van der Waals surface area contributed by atoms with Crippen LogP contribution in [0.15, 0.2) is 54.6 Å². The third-order valence-corrected chi connectivity index (χ3v) is 5.51. The molecule has 2 aromatic carbocycles. The van der Waals surface area contributed by atoms with Gasteiger partial charge in [0.25, 0.3) is 0 Å². The van der Waals surface area contributed by atoms with E-state index in [0.29, 0.717) is 0 Å². The third-order valence-electron chi connectivity index (χ3n) is 5.51. The number of methoxy groups -OCH3 is 1. The van der Waals surface area contributed by atoms with Crippen molar-refractivity contribution in [2.45, 2.75) is 43.6 Å². The quantitative estimate of drug-likeness (QED) is 0.485. The van der Waals surface area contributed by atoms with Gasteiger partial charge in [-0.3, -0.25) is 14.4 Å². The van der Waals surface area contributed by atoms with E-state index in [1.807, 2.05) is 18.2 Å². The van der Waals surface area contributed by atoms with E-state index in [0.717, 1.165) is 18.7 Å². The number of alkyl halides is 3. The molecule has 0 radical (unpaired) electrons. The van der Waals surface area contributed by atoms with E-state index < -0.39 is 66.4 Å². The van der Waals surface area contributed by atoms with Gasteiger partial charge in [-0.05, 0) is 17.2 Å². The first-order valence-corrected chi connectivity index (χ1v) is 10.8. The monoisotopic (exact) mass is 491 g/mol. The molecule has 1 saturated heterocycles. The van der Waals surface area contributed by atoms with Crippen molar-refractivity contribution in [2.75, 3.05) is 7.11 Å². The zero-order valence-electron chi connectivity index (χ0n) is 18.7. The standard InChI is InChI=1S/C24H24F3N3O5/c1-35-23(34)19(12-15-9-5-6-10-16(15)24(25,26)27)28-20(31)13-18-22(33)29-17(21(32)30-18)11-14-7-3-2-4-8-14/h2-10,17-19H,11-13H2,1H3,(H,28,31)(H,29,33)(H,30,32)/t17-,18-,19-/m0/s1. The van der Waals surface area contributed by atoms with Crippen LogP contribution in [0.5, 0.6) is 0 Å². The topological polar surface area (TPSA) is 114 Å². The summed E-state index contributed by atoms with van der Waals surface area (Å²) in [5.74, 6) is -2.82. The number of hydrogen-bond acceptors (Lipinski definition) is 5. The fourth-order valence-electron chi connectivity index (χ4n) is 3.78. The van der Waals surface area contributed by atoms with Crippen molar-refractivity contribution in [2.24, 2.45) is 0 Å². The van der Waals surface area contributed by atoms with Crippen LogP contribution in [-0.4, -0.2) is 48.9 Å². The van der Waals surface area contributed by atoms with Crippen molar-refractivity contribution in [1.29, 1.82) is 0 Å². The average Bonchev–Trinajstić information content (AvgIpc) is 2.81. The smallest absolute Gasteiger partial charge is 0.416 e. The van der Waals surface area contributed by atoms with Gasteiger partial charge < -0.3 is 20.7 Å². The molecule has 2 aromatic rings. The van der Waals surface area contributed by atoms with Gasteiger partial charge >= 0.3 is 12.1 Å². The summed E-state index contributed by atoms with van der Waals surface area (Å²) in [4.78, 5) is 49.7. The van der Waals surface area contributed by atoms with E-state index in [1.54, 1.807) is 12.1 Å². The second-order valence-corrected chi connectivity index (χ2v) is 8.02. The Morgan fingerprint density at radius 1 is 0.971 bits per heavy atom. The Kier molecular flexibility index (Phi) is 8.10. The SMILES string of the molecule is COC(=O)[C@H](Cc1ccccc1C(F)(F)F)NC(=O)C[C@@H]1NC(=O)[C@H](Cc2ccccc2)NC1=O. The minimum Gasteiger partial charge on any atom is -0.467 e. The van der Waals surface area contributed by atoms with Crippen LogP contribution < -0.4 is 16.0 Å². The maximum atomic E-state index is 13.3. The Morgan fingerprint density at radius 2 is 1.57 bits per heavy atom. The normalized spacial score (nSPS) is 18.7. The molecule has 3 amide bonds. The number of carbonyl (C=O) groups excluding carboxylic acids is 4. The summed E-state index contributed by atoms with van der Waals surface area (Å²) in [5, 5.41) is 7.38. The van der Waals surface area contributed by atoms with Gasteiger partial charge in [-0.2, -0.15) is 13.2 Å². The maximum absolute atomic E-state index is 13.3. The molecule has 0 aromatic heterocycles. The maximum Gasteiger partial charge on any atom is 0.416 e. The number of benzene rings is 2. The van der Waals surface area contributed by atoms with Gasteiger partial charge in [0.1, 0.15) is 18.1 Å². The van der Waals surface area contributed by atoms with Crippen LogP contribution in [0, 0.1) is 0 Å². The van der Waals surface area contributed by atoms with Crippen molar-refractivity contribution in [3.63, 3.8) is 0 Å². The Bertz CT molecular complexity index is 1090. The molecular formula is C24H24F3N3O5. The van der Waals surface area contributed by atoms with E-state index in [9.17, 15) is 32.3 Å². The number of piperazine rings is 1. The molecule has 1 aliphatic heterocycles. The average molecular weight is 491 g/mol. The van der Waals surface area contributed by atoms with E-state index in [2.05, 4.69) is 20.7 Å². The molecular weight excluding hydrogens is 467 g/mol. The van der Waals surface area contributed by atoms with Gasteiger partial charge in [0.15, 0.2) is 0 Å². The molecule has 0 bridgehead atoms. The van der Waals surface area contributed by atoms with Gasteiger partial charge in [0.2, 0.25) is 17.7 Å². The molecule has 0 saturated carbocycles. The first-order valence-electron chi connectivity index (χ1n) is 10.8. The summed E-state index contributed by atoms with van der Waals surface area (Å²) in [6, 6.07) is 10.3. The Hall–Kier alpha value is -3.89. The van der Waals surface area contributed by atoms with Crippen LogP contribution in [0.4, 0.5) is 13.2 Å². The molecule has 1 aliphatic rings. The lowest BCUT2D eigenvalue weighted by atomic mass is 9.99. The highest BCUT2D eigenvalue weighted by Crippen LogP contribution is 2.32. The fraction of sp³-hybridized carbons (Fsp3) is 0.333. The summed E-state index contributed by atoms with van der Waals surface area (Å²) in [5.41, 5.74) is -0.307. The lowest BCUT2D eigenvalue weighted by molar-refractivity contribution is -0.146. The summed E-state index contributed by atoms with van der Waals surface area (Å²) in [6.45, 7) is 0. The molecule has 3 atom stereocenters. The Balaban J connectivity index is 1.64. The molecule has 0 aliphatic carbocycles. The van der Waals surface area contributed by atoms with Gasteiger partial charge in [-0.15, -0.1) is 0 Å². The zero-order chi connectivity index (χ0) is 25.6. The molecule has 0 unspecified atom stereocenters. The predicted molar refractivity (Wildman–Crippen MR) is 118 cm³/mol. The predicted octanol–water partition coefficient (Wildman–Crippen LogP) is 1.52. The van der Waals surface area contributed by atoms with Gasteiger partial charge in [0, 0.05) is 12.8 Å². The highest BCUT2D eigenvalue weighted by atomic mass is 19.4. The number of esters is 1. The number of hydrogen-bond donors (Lipinski definition) is 3. The van der Waals surface area contributed by atoms with Crippen molar-refractivity contribution in [3.05, 3.63) is 71.3 Å². The molecule has 1 heterocycles. The van der Waals surface area contributed by atoms with Crippen LogP contribution >= 0.6 is 0 Å². The number of amides is 3. The Labute approximate surface area is 199 Å². The Morgan fingerprint density at radius 3 is 2.23 bits per heavy atom. The van der Waals surface area contributed by atoms with Crippen molar-refractivity contribution in [1.82, 2.24) is 16.0 Å². The van der Waals surface area contributed by atoms with Gasteiger partial charge in [-0.25, -0.2) is 4.79 Å². The van der Waals surface area contributed by atoms with E-state index >= 15 is 0 Å². The van der Waals surface area contributed by atoms with E-state index in [1.165, 1.54) is 18.2 Å². The molecule has 0 spiro atoms. The molecule has 3 rings (SSSR count). The highest BCUT2D eigenvalue weighted by Gasteiger charge is 2.37. The molecule has 8 nitrogen and oxygen atoms in total. The molecule has 1 fully saturated rings. The molecule has 11 heteroatoms. The van der Waals surface area contributed by atoms with E-state index in [4.69, 9.17) is 0 Å². The number of halogens is 3. The minimum atomic E-state index is -4.65. The fourth-order valence-corrected chi connectivity index (χ4v) is 3.78. The number of carbonyl (C=O) groups is 4. The highest BCUT2D eigenvalue weighted by molar-refractivity contribution is 5.99. The van der Waals surface area contributed by atoms with E-state index in [-0.39, 0.29) is 12.0 Å². The number of ether oxygens (including phenoxy) is 1. The minimum absolute atomic E-state index is 0.205. The molecule has 186 valence electrons. The summed E-state index contributed by atoms with van der Waals surface area (Å²) in [7, 11) is 1.04. The summed E-state index contributed by atoms with van der Waals surface area (Å²) in [6.07, 6.45) is -5.37. The first kappa shape index (κ1) is 25.7. The second-order valence-electron chi connectivity index (χ2n) is 8.02. The lowest BCUT2D eigenvalue weighted by Gasteiger charge is -2.29. The van der Waals surface area contributed by atoms with Gasteiger partial charge in [-0.1, -0.05) is 48.5 Å². The van der Waals surface area contributed by atoms with Crippen LogP contribution in [-0.2, 0) is 42.9 Å². The van der Waals surface area contributed by atoms with Crippen molar-refractivity contribution in [3.8, 4) is 0 Å². The zero-order valence-corrected chi connectivity index (χ0v) is 18.7. The molecule has 35 heavy (non-hydrogen) atoms. The van der Waals surface area contributed by atoms with Crippen LogP contribution in [0.3, 0.4) is 0 Å². The van der Waals surface area contributed by atoms with Crippen LogP contribution in [0.25, 0.3) is 0 Å². The number of rotatable bonds is 8. The summed E-state index contributed by atoms with van der Waals surface area (Å²) < 4.78 is 44.6. The van der Waals surface area contributed by atoms with Crippen LogP contribution in [0.2, 0.25) is 0 Å². The first-order chi connectivity index (χ1) is 16.6. The largest absolute Gasteiger partial charge is 0.467 e. The summed E-state index contributed by atoms with van der Waals surface area (Å²) >= 11 is 0. The number of nitrogens with one attached hydrogen (secondary N) is 3. The second kappa shape index (κ2) is 11.0. The van der Waals surface area contributed by atoms with Crippen LogP contribution in [0.1, 0.15) is 23.1 Å². The lowest BCUT2D eigenvalue weighted by Crippen LogP contribution is -2.63. The third kappa shape index (κ3) is 6.81. The van der Waals surface area contributed by atoms with Crippen molar-refractivity contribution >= 4 is 23.7 Å². The molecule has 3 N–H and O–H groups in total.